The van der Waals surface area contributed by atoms with E-state index >= 15 is 0 Å². The number of amides is 3. The van der Waals surface area contributed by atoms with Gasteiger partial charge < -0.3 is 16.0 Å². The molecule has 1 fully saturated rings. The number of primary amides is 1. The van der Waals surface area contributed by atoms with Crippen LogP contribution in [0.15, 0.2) is 17.5 Å². The molecular weight excluding hydrogens is 274 g/mol. The predicted molar refractivity (Wildman–Crippen MR) is 79.5 cm³/mol. The summed E-state index contributed by atoms with van der Waals surface area (Å²) in [6.45, 7) is 3.10. The van der Waals surface area contributed by atoms with E-state index in [4.69, 9.17) is 5.73 Å². The molecule has 2 atom stereocenters. The second kappa shape index (κ2) is 6.74. The number of carbonyl (C=O) groups excluding carboxylic acids is 2. The topological polar surface area (TPSA) is 75.4 Å². The van der Waals surface area contributed by atoms with Crippen molar-refractivity contribution in [3.8, 4) is 0 Å². The van der Waals surface area contributed by atoms with Gasteiger partial charge in [-0.2, -0.15) is 0 Å². The number of nitrogens with zero attached hydrogens (tertiary/aromatic N) is 1. The number of rotatable bonds is 4. The van der Waals surface area contributed by atoms with Gasteiger partial charge in [-0.25, -0.2) is 4.79 Å². The normalized spacial score (nSPS) is 20.4. The zero-order chi connectivity index (χ0) is 14.5. The molecule has 110 valence electrons. The monoisotopic (exact) mass is 295 g/mol. The fourth-order valence-electron chi connectivity index (χ4n) is 2.53. The molecule has 0 radical (unpaired) electrons. The van der Waals surface area contributed by atoms with Gasteiger partial charge in [0.25, 0.3) is 0 Å². The smallest absolute Gasteiger partial charge is 0.314 e. The standard InChI is InChI=1S/C14H21N3O2S/c1-10(8-12-5-3-7-20-12)16-13(18)11-4-2-6-17(9-11)14(15)19/h3,5,7,10-11H,2,4,6,8-9H2,1H3,(H2,15,19)(H,16,18)/t10-,11+/m0/s1. The number of likely N-dealkylation sites (tertiary alicyclic amines) is 1. The van der Waals surface area contributed by atoms with E-state index in [0.29, 0.717) is 13.1 Å². The van der Waals surface area contributed by atoms with Crippen LogP contribution in [0.25, 0.3) is 0 Å². The Kier molecular flexibility index (Phi) is 5.00. The molecule has 1 aliphatic heterocycles. The molecule has 1 aromatic heterocycles. The summed E-state index contributed by atoms with van der Waals surface area (Å²) in [7, 11) is 0. The molecule has 3 N–H and O–H groups in total. The minimum absolute atomic E-state index is 0.0278. The summed E-state index contributed by atoms with van der Waals surface area (Å²) in [6, 6.07) is 3.75. The Morgan fingerprint density at radius 1 is 1.60 bits per heavy atom. The number of nitrogens with two attached hydrogens (primary N) is 1. The lowest BCUT2D eigenvalue weighted by atomic mass is 9.97. The average molecular weight is 295 g/mol. The van der Waals surface area contributed by atoms with Crippen LogP contribution in [0.4, 0.5) is 4.79 Å². The van der Waals surface area contributed by atoms with Crippen LogP contribution >= 0.6 is 11.3 Å². The summed E-state index contributed by atoms with van der Waals surface area (Å²) < 4.78 is 0. The predicted octanol–water partition coefficient (Wildman–Crippen LogP) is 1.59. The molecule has 1 aliphatic rings. The molecule has 6 heteroatoms. The average Bonchev–Trinajstić information content (AvgIpc) is 2.91. The number of urea groups is 1. The van der Waals surface area contributed by atoms with E-state index in [2.05, 4.69) is 11.4 Å². The van der Waals surface area contributed by atoms with E-state index in [1.165, 1.54) is 4.88 Å². The first-order chi connectivity index (χ1) is 9.56. The number of nitrogens with one attached hydrogen (secondary N) is 1. The van der Waals surface area contributed by atoms with E-state index < -0.39 is 6.03 Å². The van der Waals surface area contributed by atoms with Crippen molar-refractivity contribution in [2.75, 3.05) is 13.1 Å². The van der Waals surface area contributed by atoms with Crippen LogP contribution in [0, 0.1) is 5.92 Å². The maximum Gasteiger partial charge on any atom is 0.314 e. The third kappa shape index (κ3) is 3.96. The molecule has 2 heterocycles. The first-order valence-corrected chi connectivity index (χ1v) is 7.81. The number of hydrogen-bond acceptors (Lipinski definition) is 3. The summed E-state index contributed by atoms with van der Waals surface area (Å²) in [6.07, 6.45) is 2.50. The van der Waals surface area contributed by atoms with Gasteiger partial charge in [0.05, 0.1) is 5.92 Å². The molecule has 0 saturated carbocycles. The van der Waals surface area contributed by atoms with Crippen LogP contribution in [0.2, 0.25) is 0 Å². The SMILES string of the molecule is C[C@@H](Cc1cccs1)NC(=O)[C@@H]1CCCN(C(N)=O)C1. The van der Waals surface area contributed by atoms with Crippen LogP contribution < -0.4 is 11.1 Å². The van der Waals surface area contributed by atoms with Crippen molar-refractivity contribution >= 4 is 23.3 Å². The maximum atomic E-state index is 12.2. The molecule has 2 rings (SSSR count). The lowest BCUT2D eigenvalue weighted by molar-refractivity contribution is -0.126. The molecule has 1 saturated heterocycles. The summed E-state index contributed by atoms with van der Waals surface area (Å²) in [5.41, 5.74) is 5.28. The quantitative estimate of drug-likeness (QED) is 0.885. The van der Waals surface area contributed by atoms with Crippen LogP contribution in [0.3, 0.4) is 0 Å². The van der Waals surface area contributed by atoms with E-state index in [1.807, 2.05) is 18.4 Å². The largest absolute Gasteiger partial charge is 0.353 e. The minimum Gasteiger partial charge on any atom is -0.353 e. The van der Waals surface area contributed by atoms with Gasteiger partial charge in [-0.1, -0.05) is 6.07 Å². The lowest BCUT2D eigenvalue weighted by Gasteiger charge is -2.31. The Morgan fingerprint density at radius 2 is 2.40 bits per heavy atom. The number of piperidine rings is 1. The van der Waals surface area contributed by atoms with E-state index in [9.17, 15) is 9.59 Å². The van der Waals surface area contributed by atoms with E-state index in [1.54, 1.807) is 16.2 Å². The first-order valence-electron chi connectivity index (χ1n) is 6.93. The Balaban J connectivity index is 1.83. The molecule has 0 aromatic carbocycles. The highest BCUT2D eigenvalue weighted by atomic mass is 32.1. The number of thiophene rings is 1. The van der Waals surface area contributed by atoms with Crippen molar-refractivity contribution in [2.24, 2.45) is 11.7 Å². The van der Waals surface area contributed by atoms with Gasteiger partial charge >= 0.3 is 6.03 Å². The fourth-order valence-corrected chi connectivity index (χ4v) is 3.37. The van der Waals surface area contributed by atoms with Gasteiger partial charge in [-0.15, -0.1) is 11.3 Å². The first kappa shape index (κ1) is 14.8. The molecular formula is C14H21N3O2S. The third-order valence-electron chi connectivity index (χ3n) is 3.58. The molecule has 0 unspecified atom stereocenters. The fraction of sp³-hybridized carbons (Fsp3) is 0.571. The Morgan fingerprint density at radius 3 is 3.05 bits per heavy atom. The van der Waals surface area contributed by atoms with Crippen molar-refractivity contribution in [1.82, 2.24) is 10.2 Å². The molecule has 0 aliphatic carbocycles. The zero-order valence-corrected chi connectivity index (χ0v) is 12.5. The number of hydrogen-bond donors (Lipinski definition) is 2. The van der Waals surface area contributed by atoms with E-state index in [0.717, 1.165) is 19.3 Å². The summed E-state index contributed by atoms with van der Waals surface area (Å²) in [5.74, 6) is -0.109. The van der Waals surface area contributed by atoms with Gasteiger partial charge in [0, 0.05) is 30.4 Å². The van der Waals surface area contributed by atoms with Crippen LogP contribution in [-0.2, 0) is 11.2 Å². The lowest BCUT2D eigenvalue weighted by Crippen LogP contribution is -2.48. The Bertz CT molecular complexity index is 461. The summed E-state index contributed by atoms with van der Waals surface area (Å²) in [5, 5.41) is 5.07. The van der Waals surface area contributed by atoms with Crippen molar-refractivity contribution in [1.29, 1.82) is 0 Å². The molecule has 5 nitrogen and oxygen atoms in total. The van der Waals surface area contributed by atoms with Crippen LogP contribution in [-0.4, -0.2) is 36.0 Å². The van der Waals surface area contributed by atoms with Crippen molar-refractivity contribution in [3.05, 3.63) is 22.4 Å². The van der Waals surface area contributed by atoms with Gasteiger partial charge in [0.1, 0.15) is 0 Å². The van der Waals surface area contributed by atoms with Crippen LogP contribution in [0.5, 0.6) is 0 Å². The second-order valence-electron chi connectivity index (χ2n) is 5.32. The summed E-state index contributed by atoms with van der Waals surface area (Å²) >= 11 is 1.70. The highest BCUT2D eigenvalue weighted by Crippen LogP contribution is 2.17. The van der Waals surface area contributed by atoms with Gasteiger partial charge in [-0.05, 0) is 31.2 Å². The molecule has 20 heavy (non-hydrogen) atoms. The second-order valence-corrected chi connectivity index (χ2v) is 6.35. The highest BCUT2D eigenvalue weighted by Gasteiger charge is 2.27. The summed E-state index contributed by atoms with van der Waals surface area (Å²) in [4.78, 5) is 26.2. The molecule has 0 bridgehead atoms. The minimum atomic E-state index is -0.436. The van der Waals surface area contributed by atoms with Gasteiger partial charge in [0.2, 0.25) is 5.91 Å². The van der Waals surface area contributed by atoms with Crippen molar-refractivity contribution < 1.29 is 9.59 Å². The molecule has 0 spiro atoms. The van der Waals surface area contributed by atoms with Crippen molar-refractivity contribution in [3.63, 3.8) is 0 Å². The van der Waals surface area contributed by atoms with Gasteiger partial charge in [-0.3, -0.25) is 4.79 Å². The maximum absolute atomic E-state index is 12.2. The zero-order valence-electron chi connectivity index (χ0n) is 11.7. The van der Waals surface area contributed by atoms with Crippen molar-refractivity contribution in [2.45, 2.75) is 32.2 Å². The van der Waals surface area contributed by atoms with Crippen LogP contribution in [0.1, 0.15) is 24.6 Å². The molecule has 3 amide bonds. The third-order valence-corrected chi connectivity index (χ3v) is 4.48. The highest BCUT2D eigenvalue weighted by molar-refractivity contribution is 7.09. The van der Waals surface area contributed by atoms with E-state index in [-0.39, 0.29) is 17.9 Å². The molecule has 1 aromatic rings. The Labute approximate surface area is 123 Å². The Hall–Kier alpha value is -1.56. The van der Waals surface area contributed by atoms with Gasteiger partial charge in [0.15, 0.2) is 0 Å². The number of carbonyl (C=O) groups is 2.